The highest BCUT2D eigenvalue weighted by molar-refractivity contribution is 5.54. The van der Waals surface area contributed by atoms with Gasteiger partial charge >= 0.3 is 0 Å². The molecule has 1 aromatic heterocycles. The smallest absolute Gasteiger partial charge is 0.226 e. The summed E-state index contributed by atoms with van der Waals surface area (Å²) in [6.07, 6.45) is 3.19. The number of hydrogen-bond donors (Lipinski definition) is 1. The molecule has 1 fully saturated rings. The molecule has 1 aliphatic rings. The molecule has 1 atom stereocenters. The van der Waals surface area contributed by atoms with Crippen molar-refractivity contribution in [2.75, 3.05) is 13.1 Å². The largest absolute Gasteiger partial charge is 0.489 e. The summed E-state index contributed by atoms with van der Waals surface area (Å²) in [6.45, 7) is 2.77. The minimum absolute atomic E-state index is 0.539. The van der Waals surface area contributed by atoms with Gasteiger partial charge < -0.3 is 14.6 Å². The van der Waals surface area contributed by atoms with Crippen LogP contribution in [0.3, 0.4) is 0 Å². The van der Waals surface area contributed by atoms with Crippen LogP contribution in [0.1, 0.15) is 24.3 Å². The van der Waals surface area contributed by atoms with Crippen LogP contribution in [-0.2, 0) is 13.0 Å². The molecule has 1 aliphatic heterocycles. The van der Waals surface area contributed by atoms with Gasteiger partial charge in [-0.3, -0.25) is 0 Å². The van der Waals surface area contributed by atoms with E-state index in [4.69, 9.17) is 9.26 Å². The summed E-state index contributed by atoms with van der Waals surface area (Å²) in [5.41, 5.74) is 2.07. The Labute approximate surface area is 153 Å². The Morgan fingerprint density at radius 3 is 2.69 bits per heavy atom. The van der Waals surface area contributed by atoms with Gasteiger partial charge in [0.25, 0.3) is 0 Å². The first-order chi connectivity index (χ1) is 12.9. The van der Waals surface area contributed by atoms with E-state index >= 15 is 0 Å². The quantitative estimate of drug-likeness (QED) is 0.702. The summed E-state index contributed by atoms with van der Waals surface area (Å²) >= 11 is 0. The lowest BCUT2D eigenvalue weighted by molar-refractivity contribution is 0.306. The Morgan fingerprint density at radius 2 is 1.92 bits per heavy atom. The van der Waals surface area contributed by atoms with E-state index in [1.807, 2.05) is 54.6 Å². The number of benzene rings is 2. The number of ether oxygens (including phenoxy) is 1. The Hall–Kier alpha value is -2.66. The third kappa shape index (κ3) is 4.29. The monoisotopic (exact) mass is 349 g/mol. The average Bonchev–Trinajstić information content (AvgIpc) is 3.38. The Balaban J connectivity index is 1.33. The lowest BCUT2D eigenvalue weighted by Gasteiger charge is -2.06. The molecule has 4 rings (SSSR count). The van der Waals surface area contributed by atoms with Crippen molar-refractivity contribution >= 4 is 0 Å². The zero-order valence-corrected chi connectivity index (χ0v) is 14.7. The first-order valence-electron chi connectivity index (χ1n) is 9.17. The van der Waals surface area contributed by atoms with Crippen LogP contribution in [0.4, 0.5) is 0 Å². The molecule has 3 aromatic rings. The van der Waals surface area contributed by atoms with Crippen molar-refractivity contribution in [3.8, 4) is 17.1 Å². The highest BCUT2D eigenvalue weighted by Crippen LogP contribution is 2.20. The lowest BCUT2D eigenvalue weighted by atomic mass is 10.0. The highest BCUT2D eigenvalue weighted by atomic mass is 16.5. The molecular weight excluding hydrogens is 326 g/mol. The fourth-order valence-corrected chi connectivity index (χ4v) is 3.20. The molecule has 134 valence electrons. The van der Waals surface area contributed by atoms with Crippen LogP contribution < -0.4 is 10.1 Å². The van der Waals surface area contributed by atoms with E-state index in [-0.39, 0.29) is 0 Å². The molecule has 1 unspecified atom stereocenters. The number of aromatic nitrogens is 2. The van der Waals surface area contributed by atoms with Crippen LogP contribution in [0.25, 0.3) is 11.4 Å². The summed E-state index contributed by atoms with van der Waals surface area (Å²) in [6, 6.07) is 17.9. The summed E-state index contributed by atoms with van der Waals surface area (Å²) in [5.74, 6) is 2.98. The Kier molecular flexibility index (Phi) is 5.26. The van der Waals surface area contributed by atoms with E-state index in [0.717, 1.165) is 54.6 Å². The second kappa shape index (κ2) is 8.15. The van der Waals surface area contributed by atoms with E-state index in [9.17, 15) is 0 Å². The van der Waals surface area contributed by atoms with Gasteiger partial charge in [-0.2, -0.15) is 4.98 Å². The lowest BCUT2D eigenvalue weighted by Crippen LogP contribution is -2.09. The maximum Gasteiger partial charge on any atom is 0.226 e. The standard InChI is InChI=1S/C21H23N3O2/c1-2-4-19(5-3-1)25-15-17-6-9-18(10-7-17)21-23-20(26-24-21)11-8-16-12-13-22-14-16/h1-7,9-10,16,22H,8,11-15H2. The molecule has 2 heterocycles. The molecule has 1 N–H and O–H groups in total. The van der Waals surface area contributed by atoms with Crippen LogP contribution in [0, 0.1) is 5.92 Å². The summed E-state index contributed by atoms with van der Waals surface area (Å²) < 4.78 is 11.2. The molecule has 0 amide bonds. The Bertz CT molecular complexity index is 809. The van der Waals surface area contributed by atoms with Gasteiger partial charge in [0.1, 0.15) is 12.4 Å². The van der Waals surface area contributed by atoms with Gasteiger partial charge in [0.2, 0.25) is 11.7 Å². The fourth-order valence-electron chi connectivity index (χ4n) is 3.20. The molecule has 5 nitrogen and oxygen atoms in total. The number of aryl methyl sites for hydroxylation is 1. The van der Waals surface area contributed by atoms with E-state index in [1.165, 1.54) is 6.42 Å². The molecule has 0 spiro atoms. The van der Waals surface area contributed by atoms with E-state index in [2.05, 4.69) is 15.5 Å². The minimum atomic E-state index is 0.539. The van der Waals surface area contributed by atoms with Crippen LogP contribution in [0.2, 0.25) is 0 Å². The molecule has 0 saturated carbocycles. The van der Waals surface area contributed by atoms with Gasteiger partial charge in [-0.25, -0.2) is 0 Å². The third-order valence-electron chi connectivity index (χ3n) is 4.76. The van der Waals surface area contributed by atoms with Crippen molar-refractivity contribution in [2.45, 2.75) is 25.9 Å². The minimum Gasteiger partial charge on any atom is -0.489 e. The Morgan fingerprint density at radius 1 is 1.08 bits per heavy atom. The van der Waals surface area contributed by atoms with Gasteiger partial charge in [0.15, 0.2) is 0 Å². The zero-order valence-electron chi connectivity index (χ0n) is 14.7. The van der Waals surface area contributed by atoms with Crippen molar-refractivity contribution in [3.63, 3.8) is 0 Å². The second-order valence-electron chi connectivity index (χ2n) is 6.71. The van der Waals surface area contributed by atoms with E-state index in [1.54, 1.807) is 0 Å². The number of para-hydroxylation sites is 1. The van der Waals surface area contributed by atoms with Crippen molar-refractivity contribution < 1.29 is 9.26 Å². The van der Waals surface area contributed by atoms with Crippen molar-refractivity contribution in [3.05, 3.63) is 66.1 Å². The van der Waals surface area contributed by atoms with Crippen LogP contribution >= 0.6 is 0 Å². The van der Waals surface area contributed by atoms with Crippen molar-refractivity contribution in [1.29, 1.82) is 0 Å². The molecule has 1 saturated heterocycles. The van der Waals surface area contributed by atoms with E-state index < -0.39 is 0 Å². The number of nitrogens with one attached hydrogen (secondary N) is 1. The SMILES string of the molecule is c1ccc(OCc2ccc(-c3noc(CCC4CCNC4)n3)cc2)cc1. The first kappa shape index (κ1) is 16.8. The van der Waals surface area contributed by atoms with Gasteiger partial charge in [-0.1, -0.05) is 47.6 Å². The maximum absolute atomic E-state index is 5.77. The van der Waals surface area contributed by atoms with Crippen molar-refractivity contribution in [1.82, 2.24) is 15.5 Å². The number of hydrogen-bond acceptors (Lipinski definition) is 5. The number of nitrogens with zero attached hydrogens (tertiary/aromatic N) is 2. The predicted octanol–water partition coefficient (Wildman–Crippen LogP) is 3.86. The molecule has 2 aromatic carbocycles. The molecule has 26 heavy (non-hydrogen) atoms. The van der Waals surface area contributed by atoms with Crippen LogP contribution in [0.15, 0.2) is 59.1 Å². The normalized spacial score (nSPS) is 16.7. The second-order valence-corrected chi connectivity index (χ2v) is 6.71. The number of rotatable bonds is 7. The maximum atomic E-state index is 5.77. The molecular formula is C21H23N3O2. The molecule has 5 heteroatoms. The van der Waals surface area contributed by atoms with Gasteiger partial charge in [-0.15, -0.1) is 0 Å². The fraction of sp³-hybridized carbons (Fsp3) is 0.333. The van der Waals surface area contributed by atoms with Crippen LogP contribution in [0.5, 0.6) is 5.75 Å². The average molecular weight is 349 g/mol. The van der Waals surface area contributed by atoms with Crippen molar-refractivity contribution in [2.24, 2.45) is 5.92 Å². The van der Waals surface area contributed by atoms with Gasteiger partial charge in [-0.05, 0) is 49.5 Å². The summed E-state index contributed by atoms with van der Waals surface area (Å²) in [7, 11) is 0. The third-order valence-corrected chi connectivity index (χ3v) is 4.76. The highest BCUT2D eigenvalue weighted by Gasteiger charge is 2.16. The summed E-state index contributed by atoms with van der Waals surface area (Å²) in [4.78, 5) is 4.54. The van der Waals surface area contributed by atoms with Gasteiger partial charge in [0.05, 0.1) is 0 Å². The summed E-state index contributed by atoms with van der Waals surface area (Å²) in [5, 5.41) is 7.51. The molecule has 0 radical (unpaired) electrons. The first-order valence-corrected chi connectivity index (χ1v) is 9.17. The van der Waals surface area contributed by atoms with Gasteiger partial charge in [0, 0.05) is 12.0 Å². The zero-order chi connectivity index (χ0) is 17.6. The topological polar surface area (TPSA) is 60.2 Å². The van der Waals surface area contributed by atoms with E-state index in [0.29, 0.717) is 12.4 Å². The molecule has 0 aliphatic carbocycles. The predicted molar refractivity (Wildman–Crippen MR) is 99.8 cm³/mol. The molecule has 0 bridgehead atoms. The van der Waals surface area contributed by atoms with Crippen LogP contribution in [-0.4, -0.2) is 23.2 Å².